The first-order chi connectivity index (χ1) is 15.3. The van der Waals surface area contributed by atoms with Crippen LogP contribution in [0.15, 0.2) is 4.99 Å². The van der Waals surface area contributed by atoms with Crippen molar-refractivity contribution in [3.63, 3.8) is 0 Å². The molecule has 0 spiro atoms. The first-order valence-electron chi connectivity index (χ1n) is 10.2. The Morgan fingerprint density at radius 2 is 1.22 bits per heavy atom. The maximum absolute atomic E-state index is 4.42. The average molecular weight is 450 g/mol. The second-order valence-electron chi connectivity index (χ2n) is 6.09. The molecule has 1 heterocycles. The summed E-state index contributed by atoms with van der Waals surface area (Å²) in [7, 11) is 0. The van der Waals surface area contributed by atoms with Crippen molar-refractivity contribution in [2.75, 3.05) is 32.7 Å². The third kappa shape index (κ3) is 13.3. The lowest BCUT2D eigenvalue weighted by molar-refractivity contribution is 0.190. The van der Waals surface area contributed by atoms with Gasteiger partial charge in [-0.3, -0.25) is 14.8 Å². The summed E-state index contributed by atoms with van der Waals surface area (Å²) in [6.07, 6.45) is 4.13. The molecular formula is C29H59N3. The minimum absolute atomic E-state index is 0. The molecule has 1 unspecified atom stereocenters. The minimum Gasteiger partial charge on any atom is -0.296 e. The molecule has 0 bridgehead atoms. The van der Waals surface area contributed by atoms with Crippen molar-refractivity contribution in [3.05, 3.63) is 0 Å². The quantitative estimate of drug-likeness (QED) is 0.355. The molecule has 1 atom stereocenters. The topological polar surface area (TPSA) is 18.8 Å². The summed E-state index contributed by atoms with van der Waals surface area (Å²) in [6, 6.07) is 0. The van der Waals surface area contributed by atoms with Gasteiger partial charge in [-0.1, -0.05) is 33.1 Å². The smallest absolute Gasteiger partial charge is 0.127 e. The lowest BCUT2D eigenvalue weighted by atomic mass is 10.3. The molecule has 0 radical (unpaired) electrons. The van der Waals surface area contributed by atoms with Gasteiger partial charge in [0.1, 0.15) is 6.17 Å². The van der Waals surface area contributed by atoms with Crippen LogP contribution in [0, 0.1) is 94.7 Å². The fourth-order valence-corrected chi connectivity index (χ4v) is 2.62. The van der Waals surface area contributed by atoms with Crippen LogP contribution in [0.3, 0.4) is 0 Å². The van der Waals surface area contributed by atoms with E-state index in [1.807, 2.05) is 6.21 Å². The second kappa shape index (κ2) is 20.3. The van der Waals surface area contributed by atoms with Gasteiger partial charge in [0.15, 0.2) is 0 Å². The van der Waals surface area contributed by atoms with E-state index in [9.17, 15) is 0 Å². The summed E-state index contributed by atoms with van der Waals surface area (Å²) < 4.78 is 0. The molecule has 0 aromatic heterocycles. The summed E-state index contributed by atoms with van der Waals surface area (Å²) in [5, 5.41) is 0. The summed E-state index contributed by atoms with van der Waals surface area (Å²) in [5.74, 6) is 42.8. The van der Waals surface area contributed by atoms with Crippen LogP contribution in [0.25, 0.3) is 0 Å². The van der Waals surface area contributed by atoms with Crippen LogP contribution in [0.2, 0.25) is 0 Å². The highest BCUT2D eigenvalue weighted by molar-refractivity contribution is 5.56. The number of nitrogens with zero attached hydrogens (tertiary/aromatic N) is 3. The first kappa shape index (κ1) is 28.1. The van der Waals surface area contributed by atoms with Crippen LogP contribution in [-0.2, 0) is 0 Å². The predicted molar refractivity (Wildman–Crippen MR) is 167 cm³/mol. The van der Waals surface area contributed by atoms with E-state index < -0.39 is 0 Å². The Labute approximate surface area is 218 Å². The van der Waals surface area contributed by atoms with Crippen molar-refractivity contribution in [1.29, 1.82) is 0 Å². The highest BCUT2D eigenvalue weighted by atomic mass is 15.4. The third-order valence-corrected chi connectivity index (χ3v) is 3.84. The Hall–Kier alpha value is -3.93. The van der Waals surface area contributed by atoms with E-state index in [-0.39, 0.29) is 35.0 Å². The zero-order chi connectivity index (χ0) is 22.4. The third-order valence-electron chi connectivity index (χ3n) is 3.84. The van der Waals surface area contributed by atoms with Crippen molar-refractivity contribution in [3.8, 4) is 94.7 Å². The van der Waals surface area contributed by atoms with E-state index >= 15 is 0 Å². The molecule has 0 aromatic carbocycles. The normalized spacial score (nSPS) is 13.4. The highest BCUT2D eigenvalue weighted by Crippen LogP contribution is 2.13. The molecule has 3 nitrogen and oxygen atoms in total. The standard InChI is InChI=1S/C28H25N3.CH4.15H2/c1-4-7-8-9-10-11-12-13-14-15-16-17-18-19-20-21-28-30(24-6-3)26-27-31(28)25-23-29-22-5-2;;;;;;;;;;;;;;;;/h22,28H,5-6,23-27H2,1-3H3;1H4;15*1H. The van der Waals surface area contributed by atoms with Crippen molar-refractivity contribution >= 4 is 6.21 Å². The van der Waals surface area contributed by atoms with Gasteiger partial charge in [-0.15, -0.1) is 0 Å². The van der Waals surface area contributed by atoms with Gasteiger partial charge in [0.05, 0.1) is 6.54 Å². The number of rotatable bonds is 6. The molecule has 0 saturated carbocycles. The molecular weight excluding hydrogens is 390 g/mol. The fraction of sp³-hybridized carbons (Fsp3) is 0.414. The minimum atomic E-state index is 0. The van der Waals surface area contributed by atoms with Gasteiger partial charge in [-0.05, 0) is 109 Å². The van der Waals surface area contributed by atoms with Crippen LogP contribution >= 0.6 is 0 Å². The van der Waals surface area contributed by atoms with Crippen molar-refractivity contribution < 1.29 is 21.4 Å². The SMILES string of the molecule is C.CC#CC#CC#CC#CC#CC#CC#CC#CC1N(CCC)CCN1CCN=CCC.[HH].[HH].[HH].[HH].[HH].[HH].[HH].[HH].[HH].[HH].[HH].[HH].[HH].[HH].[HH]. The van der Waals surface area contributed by atoms with Crippen LogP contribution in [0.5, 0.6) is 0 Å². The molecule has 32 heavy (non-hydrogen) atoms. The van der Waals surface area contributed by atoms with E-state index in [4.69, 9.17) is 0 Å². The predicted octanol–water partition coefficient (Wildman–Crippen LogP) is 6.19. The molecule has 1 rings (SSSR count). The van der Waals surface area contributed by atoms with Gasteiger partial charge < -0.3 is 0 Å². The Kier molecular flexibility index (Phi) is 17.8. The molecule has 0 N–H and O–H groups in total. The number of hydrogen-bond donors (Lipinski definition) is 0. The van der Waals surface area contributed by atoms with E-state index in [2.05, 4.69) is 123 Å². The maximum atomic E-state index is 4.42. The molecule has 1 fully saturated rings. The molecule has 3 heteroatoms. The Morgan fingerprint density at radius 3 is 1.69 bits per heavy atom. The van der Waals surface area contributed by atoms with E-state index in [0.29, 0.717) is 0 Å². The van der Waals surface area contributed by atoms with Gasteiger partial charge >= 0.3 is 0 Å². The fourth-order valence-electron chi connectivity index (χ4n) is 2.62. The molecule has 0 amide bonds. The van der Waals surface area contributed by atoms with Gasteiger partial charge in [-0.2, -0.15) is 0 Å². The first-order valence-corrected chi connectivity index (χ1v) is 10.2. The van der Waals surface area contributed by atoms with Crippen molar-refractivity contribution in [1.82, 2.24) is 9.80 Å². The summed E-state index contributed by atoms with van der Waals surface area (Å²) >= 11 is 0. The molecule has 1 aliphatic heterocycles. The van der Waals surface area contributed by atoms with Crippen LogP contribution in [-0.4, -0.2) is 54.9 Å². The zero-order valence-electron chi connectivity index (χ0n) is 18.4. The molecule has 1 aliphatic rings. The molecule has 0 aliphatic carbocycles. The average Bonchev–Trinajstić information content (AvgIpc) is 3.15. The maximum Gasteiger partial charge on any atom is 0.127 e. The highest BCUT2D eigenvalue weighted by Gasteiger charge is 2.29. The van der Waals surface area contributed by atoms with E-state index in [1.165, 1.54) is 0 Å². The molecule has 190 valence electrons. The monoisotopic (exact) mass is 449 g/mol. The van der Waals surface area contributed by atoms with Crippen molar-refractivity contribution in [2.24, 2.45) is 4.99 Å². The Morgan fingerprint density at radius 1 is 0.750 bits per heavy atom. The van der Waals surface area contributed by atoms with Crippen LogP contribution in [0.1, 0.15) is 62.4 Å². The summed E-state index contributed by atoms with van der Waals surface area (Å²) in [4.78, 5) is 9.16. The number of aliphatic imine (C=N–C) groups is 1. The Bertz CT molecular complexity index is 1150. The van der Waals surface area contributed by atoms with Crippen molar-refractivity contribution in [2.45, 2.75) is 47.2 Å². The summed E-state index contributed by atoms with van der Waals surface area (Å²) in [5.41, 5.74) is 0. The van der Waals surface area contributed by atoms with Crippen LogP contribution < -0.4 is 0 Å². The van der Waals surface area contributed by atoms with E-state index in [0.717, 1.165) is 45.6 Å². The molecule has 1 saturated heterocycles. The van der Waals surface area contributed by atoms with E-state index in [1.54, 1.807) is 6.92 Å². The second-order valence-corrected chi connectivity index (χ2v) is 6.09. The van der Waals surface area contributed by atoms with Gasteiger partial charge in [-0.25, -0.2) is 0 Å². The molecule has 0 aromatic rings. The van der Waals surface area contributed by atoms with Gasteiger partial charge in [0.25, 0.3) is 0 Å². The van der Waals surface area contributed by atoms with Gasteiger partial charge in [0.2, 0.25) is 0 Å². The largest absolute Gasteiger partial charge is 0.296 e. The van der Waals surface area contributed by atoms with Gasteiger partial charge in [0, 0.05) is 47.6 Å². The summed E-state index contributed by atoms with van der Waals surface area (Å²) in [6.45, 7) is 10.8. The van der Waals surface area contributed by atoms with Crippen LogP contribution in [0.4, 0.5) is 0 Å². The number of hydrogen-bond acceptors (Lipinski definition) is 3. The lowest BCUT2D eigenvalue weighted by Gasteiger charge is -2.25. The lowest BCUT2D eigenvalue weighted by Crippen LogP contribution is -2.39. The Balaban J connectivity index is -0.0000000429. The zero-order valence-corrected chi connectivity index (χ0v) is 18.4.